The molecule has 0 fully saturated rings. The second kappa shape index (κ2) is 11.4. The van der Waals surface area contributed by atoms with Gasteiger partial charge >= 0.3 is 11.9 Å². The summed E-state index contributed by atoms with van der Waals surface area (Å²) in [6.07, 6.45) is 0.657. The number of hydrogen-bond donors (Lipinski definition) is 1. The molecule has 0 bridgehead atoms. The largest absolute Gasteiger partial charge is 0.493 e. The molecular formula is C19H26ClNO7. The molecular weight excluding hydrogens is 390 g/mol. The van der Waals surface area contributed by atoms with Gasteiger partial charge in [-0.15, -0.1) is 0 Å². The van der Waals surface area contributed by atoms with Gasteiger partial charge in [0.15, 0.2) is 18.1 Å². The van der Waals surface area contributed by atoms with Gasteiger partial charge in [0, 0.05) is 0 Å². The molecule has 0 saturated heterocycles. The maximum Gasteiger partial charge on any atom is 0.338 e. The van der Waals surface area contributed by atoms with Gasteiger partial charge < -0.3 is 24.3 Å². The molecule has 0 aliphatic carbocycles. The number of benzene rings is 1. The zero-order valence-electron chi connectivity index (χ0n) is 16.7. The summed E-state index contributed by atoms with van der Waals surface area (Å²) in [5, 5.41) is 2.70. The van der Waals surface area contributed by atoms with Crippen LogP contribution in [0, 0.1) is 5.92 Å². The number of methoxy groups -OCH3 is 2. The van der Waals surface area contributed by atoms with Crippen molar-refractivity contribution in [2.75, 3.05) is 27.4 Å². The second-order valence-electron chi connectivity index (χ2n) is 5.95. The SMILES string of the molecule is CCOc1c(Cl)cc(C(=O)OCC(=O)N[C@H](C(=O)OC)[C@H](C)CC)cc1OC. The van der Waals surface area contributed by atoms with Crippen LogP contribution in [0.3, 0.4) is 0 Å². The van der Waals surface area contributed by atoms with Crippen molar-refractivity contribution in [2.24, 2.45) is 5.92 Å². The van der Waals surface area contributed by atoms with Gasteiger partial charge in [0.05, 0.1) is 31.4 Å². The molecule has 0 spiro atoms. The number of ether oxygens (including phenoxy) is 4. The summed E-state index contributed by atoms with van der Waals surface area (Å²) in [6.45, 7) is 5.29. The van der Waals surface area contributed by atoms with Crippen LogP contribution in [0.5, 0.6) is 11.5 Å². The lowest BCUT2D eigenvalue weighted by molar-refractivity contribution is -0.147. The van der Waals surface area contributed by atoms with Gasteiger partial charge in [-0.1, -0.05) is 31.9 Å². The summed E-state index contributed by atoms with van der Waals surface area (Å²) in [7, 11) is 2.66. The Hall–Kier alpha value is -2.48. The highest BCUT2D eigenvalue weighted by Crippen LogP contribution is 2.36. The molecule has 0 aliphatic rings. The van der Waals surface area contributed by atoms with E-state index in [1.165, 1.54) is 26.4 Å². The van der Waals surface area contributed by atoms with Crippen LogP contribution in [0.25, 0.3) is 0 Å². The van der Waals surface area contributed by atoms with Crippen LogP contribution in [0.2, 0.25) is 5.02 Å². The van der Waals surface area contributed by atoms with Crippen LogP contribution in [-0.2, 0) is 19.1 Å². The second-order valence-corrected chi connectivity index (χ2v) is 6.36. The van der Waals surface area contributed by atoms with Crippen LogP contribution >= 0.6 is 11.6 Å². The predicted octanol–water partition coefficient (Wildman–Crippen LogP) is 2.61. The zero-order valence-corrected chi connectivity index (χ0v) is 17.4. The van der Waals surface area contributed by atoms with Crippen molar-refractivity contribution < 1.29 is 33.3 Å². The minimum atomic E-state index is -0.818. The predicted molar refractivity (Wildman–Crippen MR) is 103 cm³/mol. The van der Waals surface area contributed by atoms with Crippen molar-refractivity contribution in [3.8, 4) is 11.5 Å². The third kappa shape index (κ3) is 6.30. The maximum absolute atomic E-state index is 12.3. The molecule has 156 valence electrons. The Balaban J connectivity index is 2.79. The van der Waals surface area contributed by atoms with Gasteiger partial charge in [0.25, 0.3) is 5.91 Å². The van der Waals surface area contributed by atoms with E-state index in [2.05, 4.69) is 5.32 Å². The first-order valence-corrected chi connectivity index (χ1v) is 9.21. The number of esters is 2. The normalized spacial score (nSPS) is 12.5. The van der Waals surface area contributed by atoms with Crippen LogP contribution in [0.4, 0.5) is 0 Å². The van der Waals surface area contributed by atoms with Crippen LogP contribution in [-0.4, -0.2) is 51.3 Å². The van der Waals surface area contributed by atoms with E-state index in [4.69, 9.17) is 30.5 Å². The first kappa shape index (κ1) is 23.6. The van der Waals surface area contributed by atoms with Crippen molar-refractivity contribution in [2.45, 2.75) is 33.2 Å². The summed E-state index contributed by atoms with van der Waals surface area (Å²) in [6, 6.07) is 1.96. The number of halogens is 1. The number of amides is 1. The molecule has 0 saturated carbocycles. The van der Waals surface area contributed by atoms with Crippen molar-refractivity contribution >= 4 is 29.4 Å². The fourth-order valence-electron chi connectivity index (χ4n) is 2.35. The topological polar surface area (TPSA) is 100 Å². The molecule has 0 unspecified atom stereocenters. The Morgan fingerprint density at radius 2 is 1.86 bits per heavy atom. The Kier molecular flexibility index (Phi) is 9.58. The van der Waals surface area contributed by atoms with E-state index < -0.39 is 30.5 Å². The van der Waals surface area contributed by atoms with Crippen molar-refractivity contribution in [1.29, 1.82) is 0 Å². The molecule has 28 heavy (non-hydrogen) atoms. The van der Waals surface area contributed by atoms with Crippen molar-refractivity contribution in [1.82, 2.24) is 5.32 Å². The van der Waals surface area contributed by atoms with E-state index in [0.29, 0.717) is 18.8 Å². The van der Waals surface area contributed by atoms with Crippen molar-refractivity contribution in [3.05, 3.63) is 22.7 Å². The van der Waals surface area contributed by atoms with E-state index >= 15 is 0 Å². The first-order valence-electron chi connectivity index (χ1n) is 8.83. The molecule has 2 atom stereocenters. The van der Waals surface area contributed by atoms with Gasteiger partial charge in [0.1, 0.15) is 6.04 Å². The average molecular weight is 416 g/mol. The Morgan fingerprint density at radius 3 is 2.39 bits per heavy atom. The third-order valence-corrected chi connectivity index (χ3v) is 4.35. The third-order valence-electron chi connectivity index (χ3n) is 4.07. The van der Waals surface area contributed by atoms with E-state index in [9.17, 15) is 14.4 Å². The molecule has 0 aromatic heterocycles. The van der Waals surface area contributed by atoms with Gasteiger partial charge in [0.2, 0.25) is 0 Å². The summed E-state index contributed by atoms with van der Waals surface area (Å²) in [5.41, 5.74) is 0.101. The molecule has 9 heteroatoms. The van der Waals surface area contributed by atoms with Gasteiger partial charge in [-0.3, -0.25) is 4.79 Å². The lowest BCUT2D eigenvalue weighted by Gasteiger charge is -2.21. The number of hydrogen-bond acceptors (Lipinski definition) is 7. The average Bonchev–Trinajstić information content (AvgIpc) is 2.70. The molecule has 1 aromatic carbocycles. The summed E-state index contributed by atoms with van der Waals surface area (Å²) >= 11 is 6.13. The summed E-state index contributed by atoms with van der Waals surface area (Å²) in [5.74, 6) is -1.49. The quantitative estimate of drug-likeness (QED) is 0.586. The molecule has 1 aromatic rings. The highest BCUT2D eigenvalue weighted by atomic mass is 35.5. The molecule has 1 amide bonds. The maximum atomic E-state index is 12.3. The molecule has 0 aliphatic heterocycles. The number of carbonyl (C=O) groups is 3. The van der Waals surface area contributed by atoms with Gasteiger partial charge in [-0.2, -0.15) is 0 Å². The van der Waals surface area contributed by atoms with Crippen LogP contribution in [0.15, 0.2) is 12.1 Å². The van der Waals surface area contributed by atoms with Gasteiger partial charge in [-0.05, 0) is 25.0 Å². The molecule has 1 N–H and O–H groups in total. The van der Waals surface area contributed by atoms with E-state index in [1.807, 2.05) is 13.8 Å². The van der Waals surface area contributed by atoms with E-state index in [0.717, 1.165) is 0 Å². The zero-order chi connectivity index (χ0) is 21.3. The Labute approximate surface area is 169 Å². The smallest absolute Gasteiger partial charge is 0.338 e. The number of nitrogens with one attached hydrogen (secondary N) is 1. The van der Waals surface area contributed by atoms with Crippen LogP contribution < -0.4 is 14.8 Å². The lowest BCUT2D eigenvalue weighted by Crippen LogP contribution is -2.47. The summed E-state index contributed by atoms with van der Waals surface area (Å²) < 4.78 is 20.3. The van der Waals surface area contributed by atoms with E-state index in [1.54, 1.807) is 6.92 Å². The van der Waals surface area contributed by atoms with Crippen molar-refractivity contribution in [3.63, 3.8) is 0 Å². The standard InChI is InChI=1S/C19H26ClNO7/c1-6-11(3)16(19(24)26-5)21-15(22)10-28-18(23)12-8-13(20)17(27-7-2)14(9-12)25-4/h8-9,11,16H,6-7,10H2,1-5H3,(H,21,22)/t11-,16+/m1/s1. The Morgan fingerprint density at radius 1 is 1.18 bits per heavy atom. The monoisotopic (exact) mass is 415 g/mol. The number of rotatable bonds is 10. The Bertz CT molecular complexity index is 708. The molecule has 8 nitrogen and oxygen atoms in total. The highest BCUT2D eigenvalue weighted by molar-refractivity contribution is 6.32. The van der Waals surface area contributed by atoms with Gasteiger partial charge in [-0.25, -0.2) is 9.59 Å². The number of carbonyl (C=O) groups excluding carboxylic acids is 3. The van der Waals surface area contributed by atoms with Crippen LogP contribution in [0.1, 0.15) is 37.6 Å². The fourth-order valence-corrected chi connectivity index (χ4v) is 2.61. The fraction of sp³-hybridized carbons (Fsp3) is 0.526. The molecule has 0 radical (unpaired) electrons. The lowest BCUT2D eigenvalue weighted by atomic mass is 9.99. The molecule has 1 rings (SSSR count). The highest BCUT2D eigenvalue weighted by Gasteiger charge is 2.27. The molecule has 0 heterocycles. The minimum absolute atomic E-state index is 0.101. The minimum Gasteiger partial charge on any atom is -0.493 e. The van der Waals surface area contributed by atoms with E-state index in [-0.39, 0.29) is 22.3 Å². The first-order chi connectivity index (χ1) is 13.3. The summed E-state index contributed by atoms with van der Waals surface area (Å²) in [4.78, 5) is 36.2.